The van der Waals surface area contributed by atoms with Gasteiger partial charge in [-0.15, -0.1) is 6.42 Å². The second kappa shape index (κ2) is 15.0. The molecule has 1 aliphatic rings. The Labute approximate surface area is 220 Å². The molecule has 0 aliphatic carbocycles. The average Bonchev–Trinajstić information content (AvgIpc) is 2.98. The van der Waals surface area contributed by atoms with Crippen LogP contribution >= 0.6 is 45.1 Å². The normalized spacial score (nSPS) is 24.6. The van der Waals surface area contributed by atoms with Gasteiger partial charge in [-0.05, 0) is 20.3 Å². The Balaban J connectivity index is 0.0000109. The number of amides is 1. The van der Waals surface area contributed by atoms with Crippen molar-refractivity contribution in [2.45, 2.75) is 49.6 Å². The number of hydrogen-bond acceptors (Lipinski definition) is 11. The van der Waals surface area contributed by atoms with Gasteiger partial charge in [-0.2, -0.15) is 8.62 Å². The van der Waals surface area contributed by atoms with Crippen LogP contribution in [0, 0.1) is 6.92 Å². The SMILES string of the molecule is [B][C@H]1CC(OCSSC(C)(C)CNC(=O)C[CH2-])[C@@H](COP(=O)(O)OP(=O)(O)OP(=O)(O)O)O1.[Re]. The molecule has 1 fully saturated rings. The molecular formula is C13H26BNO13P3ReS2-. The van der Waals surface area contributed by atoms with Crippen molar-refractivity contribution in [2.75, 3.05) is 19.1 Å². The number of nitrogens with one attached hydrogen (secondary N) is 1. The molecule has 199 valence electrons. The number of carbonyl (C=O) groups excluding carboxylic acids is 1. The zero-order chi connectivity index (χ0) is 25.5. The van der Waals surface area contributed by atoms with Crippen LogP contribution in [0.15, 0.2) is 0 Å². The molecule has 0 aromatic heterocycles. The van der Waals surface area contributed by atoms with E-state index in [1.165, 1.54) is 21.6 Å². The second-order valence-electron chi connectivity index (χ2n) is 7.15. The number of rotatable bonds is 15. The van der Waals surface area contributed by atoms with Gasteiger partial charge in [0, 0.05) is 37.7 Å². The van der Waals surface area contributed by atoms with E-state index < -0.39 is 48.3 Å². The number of carbonyl (C=O) groups is 1. The van der Waals surface area contributed by atoms with Gasteiger partial charge in [0.1, 0.15) is 19.9 Å². The average molecular weight is 758 g/mol. The molecule has 0 aromatic rings. The van der Waals surface area contributed by atoms with E-state index >= 15 is 0 Å². The summed E-state index contributed by atoms with van der Waals surface area (Å²) in [4.78, 5) is 47.1. The van der Waals surface area contributed by atoms with Crippen LogP contribution in [0.4, 0.5) is 0 Å². The van der Waals surface area contributed by atoms with E-state index in [-0.39, 0.29) is 49.9 Å². The largest absolute Gasteiger partial charge is 0.490 e. The van der Waals surface area contributed by atoms with E-state index in [1.807, 2.05) is 13.8 Å². The number of ether oxygens (including phenoxy) is 2. The molecule has 0 bridgehead atoms. The molecule has 1 heterocycles. The third kappa shape index (κ3) is 15.5. The minimum absolute atomic E-state index is 0. The minimum Gasteiger partial charge on any atom is -0.380 e. The van der Waals surface area contributed by atoms with E-state index in [9.17, 15) is 23.4 Å². The standard InChI is InChI=1S/C13H26BNO13P3S2.Re/c1-4-12(16)15-7-13(2,3)33-32-8-24-9-5-11(14)26-10(9)6-25-30(20,21)28-31(22,23)27-29(17,18)19;/h9-11H,1,4-8H2,2-3H3,(H,15,16)(H,20,21)(H,22,23)(H2,17,18,19);/q-1;/t9?,10-,11-;/m1./s1. The number of phosphoric ester groups is 1. The summed E-state index contributed by atoms with van der Waals surface area (Å²) in [6.45, 7) is 7.11. The van der Waals surface area contributed by atoms with Gasteiger partial charge in [0.15, 0.2) is 5.91 Å². The molecule has 5 N–H and O–H groups in total. The van der Waals surface area contributed by atoms with Crippen LogP contribution in [-0.4, -0.2) is 75.4 Å². The van der Waals surface area contributed by atoms with Gasteiger partial charge in [0.25, 0.3) is 0 Å². The maximum absolute atomic E-state index is 11.8. The first-order valence-electron chi connectivity index (χ1n) is 9.11. The summed E-state index contributed by atoms with van der Waals surface area (Å²) in [6.07, 6.45) is -1.24. The van der Waals surface area contributed by atoms with Crippen LogP contribution in [0.25, 0.3) is 0 Å². The molecule has 1 rings (SSSR count). The topological polar surface area (TPSA) is 207 Å². The Morgan fingerprint density at radius 1 is 1.21 bits per heavy atom. The van der Waals surface area contributed by atoms with Crippen LogP contribution < -0.4 is 5.32 Å². The van der Waals surface area contributed by atoms with E-state index in [2.05, 4.69) is 25.4 Å². The predicted molar refractivity (Wildman–Crippen MR) is 121 cm³/mol. The van der Waals surface area contributed by atoms with Crippen molar-refractivity contribution >= 4 is 58.8 Å². The van der Waals surface area contributed by atoms with Crippen LogP contribution in [0.5, 0.6) is 0 Å². The third-order valence-corrected chi connectivity index (χ3v) is 10.3. The molecule has 34 heavy (non-hydrogen) atoms. The van der Waals surface area contributed by atoms with E-state index in [0.29, 0.717) is 6.54 Å². The molecular weight excluding hydrogens is 732 g/mol. The Bertz CT molecular complexity index is 806. The molecule has 3 unspecified atom stereocenters. The summed E-state index contributed by atoms with van der Waals surface area (Å²) in [5.41, 5.74) is 0. The molecule has 0 aromatic carbocycles. The van der Waals surface area contributed by atoms with Crippen molar-refractivity contribution in [3.63, 3.8) is 0 Å². The molecule has 0 saturated carbocycles. The van der Waals surface area contributed by atoms with Crippen LogP contribution in [-0.2, 0) is 61.5 Å². The maximum atomic E-state index is 11.8. The first-order valence-corrected chi connectivity index (χ1v) is 16.0. The Morgan fingerprint density at radius 2 is 1.82 bits per heavy atom. The van der Waals surface area contributed by atoms with Gasteiger partial charge in [-0.3, -0.25) is 9.32 Å². The zero-order valence-corrected chi connectivity index (χ0v) is 25.1. The van der Waals surface area contributed by atoms with Crippen LogP contribution in [0.1, 0.15) is 26.7 Å². The quantitative estimate of drug-likeness (QED) is 0.0400. The van der Waals surface area contributed by atoms with Crippen molar-refractivity contribution in [1.29, 1.82) is 0 Å². The summed E-state index contributed by atoms with van der Waals surface area (Å²) >= 11 is 0. The molecule has 1 amide bonds. The van der Waals surface area contributed by atoms with E-state index in [4.69, 9.17) is 32.0 Å². The molecule has 5 atom stereocenters. The first-order chi connectivity index (χ1) is 14.9. The summed E-state index contributed by atoms with van der Waals surface area (Å²) in [5, 5.41) is 2.75. The number of hydrogen-bond donors (Lipinski definition) is 5. The fourth-order valence-electron chi connectivity index (χ4n) is 2.27. The van der Waals surface area contributed by atoms with Gasteiger partial charge in [0.2, 0.25) is 0 Å². The van der Waals surface area contributed by atoms with Gasteiger partial charge in [-0.1, -0.05) is 21.6 Å². The monoisotopic (exact) mass is 759 g/mol. The predicted octanol–water partition coefficient (Wildman–Crippen LogP) is 1.45. The van der Waals surface area contributed by atoms with Crippen molar-refractivity contribution in [1.82, 2.24) is 5.32 Å². The van der Waals surface area contributed by atoms with Gasteiger partial charge in [-0.25, -0.2) is 13.7 Å². The fraction of sp³-hybridized carbons (Fsp3) is 0.846. The molecule has 3 radical (unpaired) electrons. The first kappa shape index (κ1) is 35.2. The summed E-state index contributed by atoms with van der Waals surface area (Å²) < 4.78 is 56.4. The van der Waals surface area contributed by atoms with Gasteiger partial charge >= 0.3 is 23.5 Å². The Morgan fingerprint density at radius 3 is 2.38 bits per heavy atom. The summed E-state index contributed by atoms with van der Waals surface area (Å²) in [6, 6.07) is -0.767. The second-order valence-corrected chi connectivity index (χ2v) is 14.5. The van der Waals surface area contributed by atoms with Crippen molar-refractivity contribution in [3.8, 4) is 0 Å². The molecule has 0 spiro atoms. The smallest absolute Gasteiger partial charge is 0.380 e. The van der Waals surface area contributed by atoms with E-state index in [0.717, 1.165) is 0 Å². The maximum Gasteiger partial charge on any atom is 0.490 e. The zero-order valence-electron chi connectivity index (χ0n) is 18.1. The molecule has 1 aliphatic heterocycles. The molecule has 1 saturated heterocycles. The summed E-state index contributed by atoms with van der Waals surface area (Å²) in [5.74, 6) is 0.00464. The van der Waals surface area contributed by atoms with Crippen molar-refractivity contribution in [2.24, 2.45) is 0 Å². The Kier molecular flexibility index (Phi) is 15.5. The molecule has 21 heteroatoms. The van der Waals surface area contributed by atoms with Gasteiger partial charge in [0.05, 0.1) is 12.7 Å². The summed E-state index contributed by atoms with van der Waals surface area (Å²) in [7, 11) is -7.86. The van der Waals surface area contributed by atoms with Gasteiger partial charge < -0.3 is 41.3 Å². The van der Waals surface area contributed by atoms with E-state index in [1.54, 1.807) is 0 Å². The minimum atomic E-state index is -5.61. The van der Waals surface area contributed by atoms with Crippen molar-refractivity contribution in [3.05, 3.63) is 6.92 Å². The Hall–Kier alpha value is 1.23. The number of phosphoric acid groups is 3. The third-order valence-electron chi connectivity index (χ3n) is 3.60. The van der Waals surface area contributed by atoms with Crippen molar-refractivity contribution < 1.29 is 81.1 Å². The molecule has 14 nitrogen and oxygen atoms in total. The van der Waals surface area contributed by atoms with Crippen LogP contribution in [0.3, 0.4) is 0 Å². The van der Waals surface area contributed by atoms with Crippen LogP contribution in [0.2, 0.25) is 0 Å². The fourth-order valence-corrected chi connectivity index (χ4v) is 7.47.